The van der Waals surface area contributed by atoms with E-state index in [4.69, 9.17) is 9.84 Å². The van der Waals surface area contributed by atoms with E-state index >= 15 is 0 Å². The molecule has 0 saturated heterocycles. The summed E-state index contributed by atoms with van der Waals surface area (Å²) in [5.74, 6) is -0.204. The number of fused-ring (bicyclic) bond motifs is 1. The predicted octanol–water partition coefficient (Wildman–Crippen LogP) is 1.31. The van der Waals surface area contributed by atoms with Crippen LogP contribution in [-0.2, 0) is 18.8 Å². The first kappa shape index (κ1) is 20.0. The van der Waals surface area contributed by atoms with Crippen LogP contribution in [0.4, 0.5) is 0 Å². The Kier molecular flexibility index (Phi) is 6.17. The molecule has 0 fully saturated rings. The molecular weight excluding hydrogens is 352 g/mol. The number of imidazole rings is 1. The number of aromatic nitrogens is 4. The highest BCUT2D eigenvalue weighted by Crippen LogP contribution is 2.11. The van der Waals surface area contributed by atoms with Gasteiger partial charge in [0, 0.05) is 14.1 Å². The molecule has 2 aromatic heterocycles. The maximum absolute atomic E-state index is 11.4. The van der Waals surface area contributed by atoms with E-state index in [1.165, 1.54) is 30.1 Å². The molecule has 0 radical (unpaired) electrons. The monoisotopic (exact) mass is 374 g/mol. The number of phenolic OH excluding ortho intramolecular Hbond substituents is 1. The van der Waals surface area contributed by atoms with Gasteiger partial charge in [-0.05, 0) is 37.6 Å². The first-order valence-electron chi connectivity index (χ1n) is 8.35. The van der Waals surface area contributed by atoms with Crippen molar-refractivity contribution in [1.29, 1.82) is 0 Å². The van der Waals surface area contributed by atoms with Gasteiger partial charge in [-0.15, -0.1) is 0 Å². The summed E-state index contributed by atoms with van der Waals surface area (Å²) in [4.78, 5) is 40.8. The minimum Gasteiger partial charge on any atom is -0.508 e. The summed E-state index contributed by atoms with van der Waals surface area (Å²) in [5, 5.41) is 9.01. The van der Waals surface area contributed by atoms with Crippen LogP contribution in [0.25, 0.3) is 11.2 Å². The summed E-state index contributed by atoms with van der Waals surface area (Å²) in [6, 6.07) is 6.01. The van der Waals surface area contributed by atoms with Crippen LogP contribution < -0.4 is 11.2 Å². The van der Waals surface area contributed by atoms with Crippen molar-refractivity contribution in [3.63, 3.8) is 0 Å². The average Bonchev–Trinajstić information content (AvgIpc) is 3.15. The molecule has 0 spiro atoms. The summed E-state index contributed by atoms with van der Waals surface area (Å²) >= 11 is 0. The summed E-state index contributed by atoms with van der Waals surface area (Å²) in [6.07, 6.45) is 2.12. The highest BCUT2D eigenvalue weighted by atomic mass is 16.5. The smallest absolute Gasteiger partial charge is 0.338 e. The molecule has 1 unspecified atom stereocenters. The van der Waals surface area contributed by atoms with Crippen molar-refractivity contribution >= 4 is 17.1 Å². The molecule has 0 saturated carbocycles. The zero-order valence-corrected chi connectivity index (χ0v) is 15.6. The number of esters is 1. The lowest BCUT2D eigenvalue weighted by Gasteiger charge is -2.10. The lowest BCUT2D eigenvalue weighted by atomic mass is 10.2. The number of hydrogen-bond acceptors (Lipinski definition) is 6. The van der Waals surface area contributed by atoms with Crippen LogP contribution >= 0.6 is 0 Å². The Labute approximate surface area is 154 Å². The van der Waals surface area contributed by atoms with Crippen molar-refractivity contribution in [3.05, 3.63) is 57.0 Å². The number of benzene rings is 1. The van der Waals surface area contributed by atoms with Crippen LogP contribution in [0.5, 0.6) is 5.75 Å². The van der Waals surface area contributed by atoms with E-state index in [0.717, 1.165) is 11.0 Å². The molecule has 27 heavy (non-hydrogen) atoms. The highest BCUT2D eigenvalue weighted by Gasteiger charge is 2.10. The van der Waals surface area contributed by atoms with E-state index in [2.05, 4.69) is 9.97 Å². The Balaban J connectivity index is 0.000000194. The molecule has 144 valence electrons. The number of carbonyl (C=O) groups excluding carboxylic acids is 1. The SMILES string of the molecule is CCC(C)OC(=O)c1ccc(O)cc1.Cn1c(=O)c2[nH]cnc2n(C)c1=O. The highest BCUT2D eigenvalue weighted by molar-refractivity contribution is 5.89. The number of hydrogen-bond donors (Lipinski definition) is 2. The van der Waals surface area contributed by atoms with E-state index in [1.54, 1.807) is 19.2 Å². The average molecular weight is 374 g/mol. The second-order valence-corrected chi connectivity index (χ2v) is 5.98. The van der Waals surface area contributed by atoms with Crippen molar-refractivity contribution in [1.82, 2.24) is 19.1 Å². The van der Waals surface area contributed by atoms with E-state index < -0.39 is 0 Å². The van der Waals surface area contributed by atoms with E-state index in [1.807, 2.05) is 13.8 Å². The third-order valence-electron chi connectivity index (χ3n) is 4.02. The number of nitrogens with zero attached hydrogens (tertiary/aromatic N) is 3. The molecule has 0 aliphatic rings. The maximum atomic E-state index is 11.4. The van der Waals surface area contributed by atoms with Crippen LogP contribution in [0.3, 0.4) is 0 Å². The molecule has 0 aliphatic carbocycles. The molecule has 9 heteroatoms. The molecule has 0 aliphatic heterocycles. The van der Waals surface area contributed by atoms with Gasteiger partial charge in [0.1, 0.15) is 11.3 Å². The van der Waals surface area contributed by atoms with Gasteiger partial charge in [-0.25, -0.2) is 14.6 Å². The number of carbonyl (C=O) groups is 1. The zero-order valence-electron chi connectivity index (χ0n) is 15.6. The van der Waals surface area contributed by atoms with E-state index in [0.29, 0.717) is 16.7 Å². The van der Waals surface area contributed by atoms with Crippen molar-refractivity contribution in [2.45, 2.75) is 26.4 Å². The van der Waals surface area contributed by atoms with Gasteiger partial charge in [0.15, 0.2) is 5.65 Å². The van der Waals surface area contributed by atoms with Gasteiger partial charge in [-0.1, -0.05) is 6.92 Å². The van der Waals surface area contributed by atoms with Crippen molar-refractivity contribution in [2.24, 2.45) is 14.1 Å². The first-order chi connectivity index (χ1) is 12.8. The molecule has 0 bridgehead atoms. The topological polar surface area (TPSA) is 119 Å². The van der Waals surface area contributed by atoms with Crippen molar-refractivity contribution in [3.8, 4) is 5.75 Å². The van der Waals surface area contributed by atoms with Gasteiger partial charge >= 0.3 is 11.7 Å². The van der Waals surface area contributed by atoms with E-state index in [-0.39, 0.29) is 29.1 Å². The normalized spacial score (nSPS) is 11.6. The minimum absolute atomic E-state index is 0.0729. The van der Waals surface area contributed by atoms with Crippen molar-refractivity contribution < 1.29 is 14.6 Å². The largest absolute Gasteiger partial charge is 0.508 e. The second-order valence-electron chi connectivity index (χ2n) is 5.98. The fourth-order valence-electron chi connectivity index (χ4n) is 2.20. The number of aromatic hydroxyl groups is 1. The summed E-state index contributed by atoms with van der Waals surface area (Å²) < 4.78 is 7.47. The lowest BCUT2D eigenvalue weighted by Crippen LogP contribution is -2.36. The predicted molar refractivity (Wildman–Crippen MR) is 99.9 cm³/mol. The maximum Gasteiger partial charge on any atom is 0.338 e. The number of aryl methyl sites for hydroxylation is 1. The Morgan fingerprint density at radius 2 is 1.85 bits per heavy atom. The summed E-state index contributed by atoms with van der Waals surface area (Å²) in [5.41, 5.74) is 0.473. The van der Waals surface area contributed by atoms with Gasteiger partial charge in [0.2, 0.25) is 0 Å². The number of nitrogens with one attached hydrogen (secondary N) is 1. The molecular formula is C18H22N4O5. The first-order valence-corrected chi connectivity index (χ1v) is 8.35. The fraction of sp³-hybridized carbons (Fsp3) is 0.333. The molecule has 2 heterocycles. The molecule has 9 nitrogen and oxygen atoms in total. The number of rotatable bonds is 3. The van der Waals surface area contributed by atoms with Gasteiger partial charge in [-0.3, -0.25) is 13.9 Å². The summed E-state index contributed by atoms with van der Waals surface area (Å²) in [7, 11) is 3.01. The van der Waals surface area contributed by atoms with Crippen molar-refractivity contribution in [2.75, 3.05) is 0 Å². The number of H-pyrrole nitrogens is 1. The Bertz CT molecular complexity index is 1050. The van der Waals surface area contributed by atoms with Gasteiger partial charge < -0.3 is 14.8 Å². The van der Waals surface area contributed by atoms with Crippen LogP contribution in [0, 0.1) is 0 Å². The molecule has 2 N–H and O–H groups in total. The number of phenols is 1. The van der Waals surface area contributed by atoms with E-state index in [9.17, 15) is 14.4 Å². The molecule has 1 atom stereocenters. The molecule has 3 aromatic rings. The third kappa shape index (κ3) is 4.43. The summed E-state index contributed by atoms with van der Waals surface area (Å²) in [6.45, 7) is 3.80. The lowest BCUT2D eigenvalue weighted by molar-refractivity contribution is 0.0334. The van der Waals surface area contributed by atoms with Gasteiger partial charge in [0.05, 0.1) is 18.0 Å². The van der Waals surface area contributed by atoms with Crippen LogP contribution in [0.2, 0.25) is 0 Å². The Morgan fingerprint density at radius 3 is 2.44 bits per heavy atom. The second kappa shape index (κ2) is 8.35. The Hall–Kier alpha value is -3.36. The van der Waals surface area contributed by atoms with Gasteiger partial charge in [-0.2, -0.15) is 0 Å². The van der Waals surface area contributed by atoms with Crippen LogP contribution in [0.1, 0.15) is 30.6 Å². The van der Waals surface area contributed by atoms with Crippen LogP contribution in [-0.4, -0.2) is 36.3 Å². The fourth-order valence-corrected chi connectivity index (χ4v) is 2.20. The van der Waals surface area contributed by atoms with Gasteiger partial charge in [0.25, 0.3) is 5.56 Å². The quantitative estimate of drug-likeness (QED) is 0.667. The molecule has 0 amide bonds. The van der Waals surface area contributed by atoms with Crippen LogP contribution in [0.15, 0.2) is 40.2 Å². The Morgan fingerprint density at radius 1 is 1.22 bits per heavy atom. The zero-order chi connectivity index (χ0) is 20.1. The standard InChI is InChI=1S/C11H14O3.C7H8N4O2/c1-3-8(2)14-11(13)9-4-6-10(12)7-5-9;1-10-5-4(8-3-9-5)6(12)11(2)7(10)13/h4-8,12H,3H2,1-2H3;3H,1-2H3,(H,8,9). The number of ether oxygens (including phenoxy) is 1. The number of aromatic amines is 1. The third-order valence-corrected chi connectivity index (χ3v) is 4.02. The molecule has 1 aromatic carbocycles. The molecule has 3 rings (SSSR count). The minimum atomic E-state index is -0.371.